The first kappa shape index (κ1) is 16.9. The molecule has 0 N–H and O–H groups in total. The smallest absolute Gasteiger partial charge is 0.156 e. The van der Waals surface area contributed by atoms with Crippen molar-refractivity contribution < 1.29 is 9.47 Å². The predicted octanol–water partition coefficient (Wildman–Crippen LogP) is 5.78. The molecule has 0 aliphatic rings. The van der Waals surface area contributed by atoms with Crippen molar-refractivity contribution in [3.63, 3.8) is 0 Å². The standard InChI is InChI=1S/C19H17Cl2NO2/c20-15-8-4-9-16(21)19(15)24-13-2-1-12-23-17-10-3-6-14-7-5-11-22-18(14)17/h3-11H,1-2,12-13H2. The van der Waals surface area contributed by atoms with Gasteiger partial charge in [0.15, 0.2) is 5.75 Å². The Bertz CT molecular complexity index is 798. The highest BCUT2D eigenvalue weighted by Crippen LogP contribution is 2.32. The summed E-state index contributed by atoms with van der Waals surface area (Å²) in [7, 11) is 0. The van der Waals surface area contributed by atoms with E-state index in [-0.39, 0.29) is 0 Å². The number of benzene rings is 2. The molecule has 0 unspecified atom stereocenters. The molecule has 0 atom stereocenters. The molecule has 0 amide bonds. The van der Waals surface area contributed by atoms with Crippen molar-refractivity contribution in [2.24, 2.45) is 0 Å². The molecule has 3 aromatic rings. The van der Waals surface area contributed by atoms with E-state index in [9.17, 15) is 0 Å². The van der Waals surface area contributed by atoms with Gasteiger partial charge in [-0.05, 0) is 37.1 Å². The van der Waals surface area contributed by atoms with Crippen molar-refractivity contribution >= 4 is 34.1 Å². The Balaban J connectivity index is 1.46. The highest BCUT2D eigenvalue weighted by Gasteiger charge is 2.06. The molecule has 0 radical (unpaired) electrons. The number of ether oxygens (including phenoxy) is 2. The molecule has 0 fully saturated rings. The van der Waals surface area contributed by atoms with Crippen molar-refractivity contribution in [1.82, 2.24) is 4.98 Å². The molecule has 1 aromatic heterocycles. The molecular weight excluding hydrogens is 345 g/mol. The summed E-state index contributed by atoms with van der Waals surface area (Å²) in [6.45, 7) is 1.15. The van der Waals surface area contributed by atoms with Crippen molar-refractivity contribution in [3.8, 4) is 11.5 Å². The maximum atomic E-state index is 6.06. The number of pyridine rings is 1. The lowest BCUT2D eigenvalue weighted by molar-refractivity contribution is 0.268. The van der Waals surface area contributed by atoms with Gasteiger partial charge < -0.3 is 9.47 Å². The van der Waals surface area contributed by atoms with Crippen molar-refractivity contribution in [2.45, 2.75) is 12.8 Å². The van der Waals surface area contributed by atoms with Gasteiger partial charge in [-0.25, -0.2) is 0 Å². The van der Waals surface area contributed by atoms with Gasteiger partial charge in [0.1, 0.15) is 11.3 Å². The molecule has 1 heterocycles. The molecule has 24 heavy (non-hydrogen) atoms. The molecule has 2 aromatic carbocycles. The van der Waals surface area contributed by atoms with Gasteiger partial charge in [-0.1, -0.05) is 47.5 Å². The van der Waals surface area contributed by atoms with Crippen LogP contribution in [0.1, 0.15) is 12.8 Å². The van der Waals surface area contributed by atoms with Crippen LogP contribution in [0.15, 0.2) is 54.7 Å². The SMILES string of the molecule is Clc1cccc(Cl)c1OCCCCOc1cccc2cccnc12. The summed E-state index contributed by atoms with van der Waals surface area (Å²) >= 11 is 12.1. The molecular formula is C19H17Cl2NO2. The summed E-state index contributed by atoms with van der Waals surface area (Å²) in [6.07, 6.45) is 3.49. The Morgan fingerprint density at radius 3 is 2.25 bits per heavy atom. The number of nitrogens with zero attached hydrogens (tertiary/aromatic N) is 1. The van der Waals surface area contributed by atoms with Crippen LogP contribution in [-0.2, 0) is 0 Å². The molecule has 0 aliphatic heterocycles. The minimum atomic E-state index is 0.528. The highest BCUT2D eigenvalue weighted by atomic mass is 35.5. The third-order valence-corrected chi connectivity index (χ3v) is 4.15. The van der Waals surface area contributed by atoms with Crippen LogP contribution in [0.5, 0.6) is 11.5 Å². The van der Waals surface area contributed by atoms with E-state index in [1.807, 2.05) is 30.3 Å². The highest BCUT2D eigenvalue weighted by molar-refractivity contribution is 6.37. The average Bonchev–Trinajstić information content (AvgIpc) is 2.60. The van der Waals surface area contributed by atoms with Crippen LogP contribution in [0.2, 0.25) is 10.0 Å². The summed E-state index contributed by atoms with van der Waals surface area (Å²) in [6, 6.07) is 15.2. The van der Waals surface area contributed by atoms with Crippen LogP contribution in [0.4, 0.5) is 0 Å². The van der Waals surface area contributed by atoms with E-state index >= 15 is 0 Å². The summed E-state index contributed by atoms with van der Waals surface area (Å²) in [4.78, 5) is 4.38. The topological polar surface area (TPSA) is 31.4 Å². The quantitative estimate of drug-likeness (QED) is 0.499. The fourth-order valence-electron chi connectivity index (χ4n) is 2.37. The molecule has 0 saturated carbocycles. The van der Waals surface area contributed by atoms with Crippen molar-refractivity contribution in [2.75, 3.05) is 13.2 Å². The van der Waals surface area contributed by atoms with Gasteiger partial charge >= 0.3 is 0 Å². The Morgan fingerprint density at radius 2 is 1.46 bits per heavy atom. The van der Waals surface area contributed by atoms with Gasteiger partial charge in [0.25, 0.3) is 0 Å². The zero-order chi connectivity index (χ0) is 16.8. The van der Waals surface area contributed by atoms with Crippen LogP contribution in [-0.4, -0.2) is 18.2 Å². The first-order chi connectivity index (χ1) is 11.8. The van der Waals surface area contributed by atoms with E-state index < -0.39 is 0 Å². The fourth-order valence-corrected chi connectivity index (χ4v) is 2.88. The fraction of sp³-hybridized carbons (Fsp3) is 0.211. The van der Waals surface area contributed by atoms with Gasteiger partial charge in [-0.2, -0.15) is 0 Å². The number of hydrogen-bond acceptors (Lipinski definition) is 3. The van der Waals surface area contributed by atoms with Gasteiger partial charge in [0, 0.05) is 11.6 Å². The predicted molar refractivity (Wildman–Crippen MR) is 98.4 cm³/mol. The number of halogens is 2. The molecule has 3 rings (SSSR count). The molecule has 0 bridgehead atoms. The molecule has 0 aliphatic carbocycles. The molecule has 0 saturated heterocycles. The monoisotopic (exact) mass is 361 g/mol. The summed E-state index contributed by atoms with van der Waals surface area (Å²) in [5.41, 5.74) is 0.888. The first-order valence-electron chi connectivity index (χ1n) is 7.79. The number of unbranched alkanes of at least 4 members (excludes halogenated alkanes) is 1. The maximum absolute atomic E-state index is 6.06. The number of para-hydroxylation sites is 2. The largest absolute Gasteiger partial charge is 0.491 e. The van der Waals surface area contributed by atoms with Crippen LogP contribution in [0.3, 0.4) is 0 Å². The first-order valence-corrected chi connectivity index (χ1v) is 8.54. The second-order valence-electron chi connectivity index (χ2n) is 5.29. The maximum Gasteiger partial charge on any atom is 0.156 e. The minimum Gasteiger partial charge on any atom is -0.491 e. The number of rotatable bonds is 7. The van der Waals surface area contributed by atoms with Gasteiger partial charge in [-0.15, -0.1) is 0 Å². The lowest BCUT2D eigenvalue weighted by Crippen LogP contribution is -2.03. The zero-order valence-electron chi connectivity index (χ0n) is 13.0. The second kappa shape index (κ2) is 8.22. The van der Waals surface area contributed by atoms with E-state index in [4.69, 9.17) is 32.7 Å². The van der Waals surface area contributed by atoms with Crippen molar-refractivity contribution in [1.29, 1.82) is 0 Å². The molecule has 0 spiro atoms. The lowest BCUT2D eigenvalue weighted by Gasteiger charge is -2.10. The van der Waals surface area contributed by atoms with Gasteiger partial charge in [-0.3, -0.25) is 4.98 Å². The summed E-state index contributed by atoms with van der Waals surface area (Å²) < 4.78 is 11.5. The lowest BCUT2D eigenvalue weighted by atomic mass is 10.2. The van der Waals surface area contributed by atoms with Crippen LogP contribution >= 0.6 is 23.2 Å². The molecule has 3 nitrogen and oxygen atoms in total. The van der Waals surface area contributed by atoms with Crippen LogP contribution in [0.25, 0.3) is 10.9 Å². The summed E-state index contributed by atoms with van der Waals surface area (Å²) in [5, 5.41) is 2.13. The zero-order valence-corrected chi connectivity index (χ0v) is 14.6. The number of aromatic nitrogens is 1. The van der Waals surface area contributed by atoms with Crippen LogP contribution < -0.4 is 9.47 Å². The third-order valence-electron chi connectivity index (χ3n) is 3.56. The molecule has 5 heteroatoms. The number of fused-ring (bicyclic) bond motifs is 1. The van der Waals surface area contributed by atoms with Gasteiger partial charge in [0.2, 0.25) is 0 Å². The van der Waals surface area contributed by atoms with E-state index in [1.54, 1.807) is 24.4 Å². The Kier molecular flexibility index (Phi) is 5.78. The Morgan fingerprint density at radius 1 is 0.792 bits per heavy atom. The van der Waals surface area contributed by atoms with Gasteiger partial charge in [0.05, 0.1) is 23.3 Å². The van der Waals surface area contributed by atoms with E-state index in [1.165, 1.54) is 0 Å². The Hall–Kier alpha value is -1.97. The third kappa shape index (κ3) is 4.11. The van der Waals surface area contributed by atoms with E-state index in [0.717, 1.165) is 29.5 Å². The van der Waals surface area contributed by atoms with Crippen molar-refractivity contribution in [3.05, 3.63) is 64.8 Å². The average molecular weight is 362 g/mol. The summed E-state index contributed by atoms with van der Waals surface area (Å²) in [5.74, 6) is 1.35. The Labute approximate surface area is 151 Å². The number of hydrogen-bond donors (Lipinski definition) is 0. The van der Waals surface area contributed by atoms with E-state index in [0.29, 0.717) is 29.0 Å². The molecule has 124 valence electrons. The minimum absolute atomic E-state index is 0.528. The second-order valence-corrected chi connectivity index (χ2v) is 6.10. The normalized spacial score (nSPS) is 10.8. The van der Waals surface area contributed by atoms with E-state index in [2.05, 4.69) is 4.98 Å². The van der Waals surface area contributed by atoms with Crippen LogP contribution in [0, 0.1) is 0 Å².